The van der Waals surface area contributed by atoms with Gasteiger partial charge in [0.1, 0.15) is 18.0 Å². The van der Waals surface area contributed by atoms with Gasteiger partial charge in [-0.15, -0.1) is 10.2 Å². The van der Waals surface area contributed by atoms with Crippen molar-refractivity contribution in [3.63, 3.8) is 0 Å². The first-order valence-electron chi connectivity index (χ1n) is 9.16. The van der Waals surface area contributed by atoms with Gasteiger partial charge < -0.3 is 4.57 Å². The maximum absolute atomic E-state index is 12.9. The highest BCUT2D eigenvalue weighted by molar-refractivity contribution is 6.09. The molecule has 3 aromatic rings. The topological polar surface area (TPSA) is 63.9 Å². The number of hydrogen-bond donors (Lipinski definition) is 0. The van der Waals surface area contributed by atoms with E-state index >= 15 is 0 Å². The van der Waals surface area contributed by atoms with Gasteiger partial charge in [-0.1, -0.05) is 19.1 Å². The molecule has 0 spiro atoms. The first-order valence-corrected chi connectivity index (χ1v) is 9.16. The van der Waals surface area contributed by atoms with E-state index in [1.807, 2.05) is 49.7 Å². The van der Waals surface area contributed by atoms with Crippen LogP contribution in [0.4, 0.5) is 5.82 Å². The molecule has 1 amide bonds. The van der Waals surface area contributed by atoms with Gasteiger partial charge in [-0.05, 0) is 54.7 Å². The van der Waals surface area contributed by atoms with E-state index in [0.29, 0.717) is 6.54 Å². The van der Waals surface area contributed by atoms with E-state index in [9.17, 15) is 4.79 Å². The predicted octanol–water partition coefficient (Wildman–Crippen LogP) is 3.33. The number of fused-ring (bicyclic) bond motifs is 1. The van der Waals surface area contributed by atoms with Crippen LogP contribution in [0.1, 0.15) is 51.4 Å². The molecule has 0 unspecified atom stereocenters. The summed E-state index contributed by atoms with van der Waals surface area (Å²) in [6.07, 6.45) is 2.50. The molecule has 1 aliphatic heterocycles. The Balaban J connectivity index is 1.65. The molecule has 27 heavy (non-hydrogen) atoms. The van der Waals surface area contributed by atoms with E-state index in [1.165, 1.54) is 0 Å². The Bertz CT molecular complexity index is 1020. The average molecular weight is 361 g/mol. The lowest BCUT2D eigenvalue weighted by atomic mass is 9.97. The normalized spacial score (nSPS) is 14.5. The summed E-state index contributed by atoms with van der Waals surface area (Å²) in [6, 6.07) is 10.0. The lowest BCUT2D eigenvalue weighted by molar-refractivity contribution is 0.0996. The number of carbonyl (C=O) groups excluding carboxylic acids is 1. The number of anilines is 1. The number of aryl methyl sites for hydroxylation is 3. The summed E-state index contributed by atoms with van der Waals surface area (Å²) >= 11 is 0. The fourth-order valence-corrected chi connectivity index (χ4v) is 3.66. The Kier molecular flexibility index (Phi) is 4.26. The summed E-state index contributed by atoms with van der Waals surface area (Å²) in [7, 11) is 1.95. The number of benzene rings is 1. The maximum Gasteiger partial charge on any atom is 0.260 e. The van der Waals surface area contributed by atoms with Gasteiger partial charge in [0.2, 0.25) is 0 Å². The van der Waals surface area contributed by atoms with Crippen molar-refractivity contribution in [2.75, 3.05) is 4.90 Å². The number of nitrogens with zero attached hydrogens (tertiary/aromatic N) is 5. The van der Waals surface area contributed by atoms with E-state index in [1.54, 1.807) is 11.2 Å². The first-order chi connectivity index (χ1) is 12.9. The second kappa shape index (κ2) is 6.61. The van der Waals surface area contributed by atoms with Crippen molar-refractivity contribution in [2.24, 2.45) is 7.05 Å². The van der Waals surface area contributed by atoms with Crippen molar-refractivity contribution < 1.29 is 4.79 Å². The Labute approximate surface area is 158 Å². The molecule has 0 aliphatic carbocycles. The molecule has 138 valence electrons. The van der Waals surface area contributed by atoms with Crippen molar-refractivity contribution in [3.8, 4) is 0 Å². The number of hydrogen-bond acceptors (Lipinski definition) is 4. The Morgan fingerprint density at radius 3 is 2.74 bits per heavy atom. The maximum atomic E-state index is 12.9. The van der Waals surface area contributed by atoms with E-state index in [0.717, 1.165) is 46.0 Å². The third kappa shape index (κ3) is 3.12. The fraction of sp³-hybridized carbons (Fsp3) is 0.333. The van der Waals surface area contributed by atoms with Gasteiger partial charge in [-0.25, -0.2) is 4.98 Å². The summed E-state index contributed by atoms with van der Waals surface area (Å²) in [5.74, 6) is 1.93. The molecular formula is C21H23N5O. The SMILES string of the molecule is Cc1cc([C@H](C)Cc2nncn2C)cc(N2Cc3c(C)cccc3C2=O)n1. The first kappa shape index (κ1) is 17.4. The average Bonchev–Trinajstić information content (AvgIpc) is 3.19. The van der Waals surface area contributed by atoms with Crippen LogP contribution in [-0.2, 0) is 20.0 Å². The highest BCUT2D eigenvalue weighted by Crippen LogP contribution is 2.31. The minimum Gasteiger partial charge on any atom is -0.321 e. The molecule has 6 nitrogen and oxygen atoms in total. The van der Waals surface area contributed by atoms with Crippen LogP contribution in [-0.4, -0.2) is 25.7 Å². The molecule has 6 heteroatoms. The van der Waals surface area contributed by atoms with Crippen LogP contribution >= 0.6 is 0 Å². The minimum absolute atomic E-state index is 0.0266. The van der Waals surface area contributed by atoms with Crippen LogP contribution in [0.5, 0.6) is 0 Å². The molecule has 0 radical (unpaired) electrons. The lowest BCUT2D eigenvalue weighted by Crippen LogP contribution is -2.24. The minimum atomic E-state index is 0.0266. The third-order valence-electron chi connectivity index (χ3n) is 5.30. The second-order valence-corrected chi connectivity index (χ2v) is 7.36. The molecule has 2 aromatic heterocycles. The number of rotatable bonds is 4. The van der Waals surface area contributed by atoms with Crippen LogP contribution in [0.25, 0.3) is 0 Å². The van der Waals surface area contributed by atoms with Gasteiger partial charge in [0, 0.05) is 24.7 Å². The third-order valence-corrected chi connectivity index (χ3v) is 5.30. The zero-order valence-electron chi connectivity index (χ0n) is 16.1. The summed E-state index contributed by atoms with van der Waals surface area (Å²) in [5.41, 5.74) is 5.09. The van der Waals surface area contributed by atoms with Crippen molar-refractivity contribution in [1.29, 1.82) is 0 Å². The highest BCUT2D eigenvalue weighted by atomic mass is 16.2. The van der Waals surface area contributed by atoms with Gasteiger partial charge >= 0.3 is 0 Å². The fourth-order valence-electron chi connectivity index (χ4n) is 3.66. The van der Waals surface area contributed by atoms with Gasteiger partial charge in [-0.3, -0.25) is 9.69 Å². The monoisotopic (exact) mass is 361 g/mol. The molecule has 1 atom stereocenters. The van der Waals surface area contributed by atoms with Crippen LogP contribution in [0, 0.1) is 13.8 Å². The summed E-state index contributed by atoms with van der Waals surface area (Å²) in [5, 5.41) is 8.14. The molecule has 1 aromatic carbocycles. The number of aromatic nitrogens is 4. The molecule has 0 saturated heterocycles. The van der Waals surface area contributed by atoms with Crippen molar-refractivity contribution in [2.45, 2.75) is 39.7 Å². The Morgan fingerprint density at radius 1 is 1.22 bits per heavy atom. The van der Waals surface area contributed by atoms with Crippen molar-refractivity contribution in [3.05, 3.63) is 70.4 Å². The van der Waals surface area contributed by atoms with E-state index < -0.39 is 0 Å². The highest BCUT2D eigenvalue weighted by Gasteiger charge is 2.30. The van der Waals surface area contributed by atoms with Crippen LogP contribution in [0.2, 0.25) is 0 Å². The molecule has 0 N–H and O–H groups in total. The zero-order chi connectivity index (χ0) is 19.1. The quantitative estimate of drug-likeness (QED) is 0.715. The molecule has 1 aliphatic rings. The molecule has 3 heterocycles. The summed E-state index contributed by atoms with van der Waals surface area (Å²) < 4.78 is 1.94. The largest absolute Gasteiger partial charge is 0.321 e. The predicted molar refractivity (Wildman–Crippen MR) is 104 cm³/mol. The van der Waals surface area contributed by atoms with E-state index in [2.05, 4.69) is 28.2 Å². The van der Waals surface area contributed by atoms with Crippen LogP contribution in [0.15, 0.2) is 36.7 Å². The molecular weight excluding hydrogens is 338 g/mol. The number of amides is 1. The van der Waals surface area contributed by atoms with E-state index in [4.69, 9.17) is 0 Å². The Morgan fingerprint density at radius 2 is 2.04 bits per heavy atom. The Hall–Kier alpha value is -3.02. The molecule has 0 fully saturated rings. The number of carbonyl (C=O) groups is 1. The van der Waals surface area contributed by atoms with Gasteiger partial charge in [0.25, 0.3) is 5.91 Å². The second-order valence-electron chi connectivity index (χ2n) is 7.36. The van der Waals surface area contributed by atoms with Crippen LogP contribution in [0.3, 0.4) is 0 Å². The smallest absolute Gasteiger partial charge is 0.260 e. The lowest BCUT2D eigenvalue weighted by Gasteiger charge is -2.19. The summed E-state index contributed by atoms with van der Waals surface area (Å²) in [6.45, 7) is 6.76. The summed E-state index contributed by atoms with van der Waals surface area (Å²) in [4.78, 5) is 19.3. The van der Waals surface area contributed by atoms with Crippen LogP contribution < -0.4 is 4.90 Å². The number of pyridine rings is 1. The molecule has 0 bridgehead atoms. The van der Waals surface area contributed by atoms with E-state index in [-0.39, 0.29) is 11.8 Å². The van der Waals surface area contributed by atoms with Gasteiger partial charge in [0.15, 0.2) is 0 Å². The zero-order valence-corrected chi connectivity index (χ0v) is 16.1. The molecule has 0 saturated carbocycles. The molecule has 4 rings (SSSR count). The standard InChI is InChI=1S/C21H23N5O/c1-13-6-5-7-17-18(13)11-26(21(17)27)19-10-16(9-15(3)23-19)14(2)8-20-24-22-12-25(20)4/h5-7,9-10,12,14H,8,11H2,1-4H3/t14-/m1/s1. The van der Waals surface area contributed by atoms with Gasteiger partial charge in [0.05, 0.1) is 6.54 Å². The van der Waals surface area contributed by atoms with Crippen molar-refractivity contribution in [1.82, 2.24) is 19.7 Å². The van der Waals surface area contributed by atoms with Crippen molar-refractivity contribution >= 4 is 11.7 Å². The van der Waals surface area contributed by atoms with Gasteiger partial charge in [-0.2, -0.15) is 0 Å².